The summed E-state index contributed by atoms with van der Waals surface area (Å²) in [5.74, 6) is 0.714. The fraction of sp³-hybridized carbons (Fsp3) is 0.571. The molecule has 0 aliphatic heterocycles. The number of hydrogen-bond acceptors (Lipinski definition) is 2. The molecule has 4 nitrogen and oxygen atoms in total. The second kappa shape index (κ2) is 11.9. The fourth-order valence-electron chi connectivity index (χ4n) is 1.21. The zero-order valence-electron chi connectivity index (χ0n) is 12.6. The predicted molar refractivity (Wildman–Crippen MR) is 78.3 cm³/mol. The lowest BCUT2D eigenvalue weighted by Crippen LogP contribution is -2.19. The average molecular weight is 253 g/mol. The number of H-pyrrole nitrogens is 1. The van der Waals surface area contributed by atoms with Gasteiger partial charge in [-0.1, -0.05) is 41.2 Å². The minimum absolute atomic E-state index is 0.0559. The summed E-state index contributed by atoms with van der Waals surface area (Å²) in [6, 6.07) is 0. The van der Waals surface area contributed by atoms with Gasteiger partial charge in [0.2, 0.25) is 5.91 Å². The van der Waals surface area contributed by atoms with Crippen molar-refractivity contribution in [1.82, 2.24) is 15.3 Å². The SMILES string of the molecule is C=Cc1nc(CNC(C)=O)[nH]c1CC.CC.CC. The normalized spacial score (nSPS) is 8.33. The molecule has 0 atom stereocenters. The summed E-state index contributed by atoms with van der Waals surface area (Å²) >= 11 is 0. The smallest absolute Gasteiger partial charge is 0.217 e. The van der Waals surface area contributed by atoms with Gasteiger partial charge in [-0.2, -0.15) is 0 Å². The van der Waals surface area contributed by atoms with Gasteiger partial charge < -0.3 is 10.3 Å². The standard InChI is InChI=1S/C10H15N3O.2C2H6/c1-4-8-9(5-2)13-10(12-8)6-11-7(3)14;2*1-2/h4H,1,5-6H2,2-3H3,(H,11,14)(H,12,13);2*1-2H3. The van der Waals surface area contributed by atoms with Gasteiger partial charge in [0.05, 0.1) is 12.2 Å². The number of rotatable bonds is 4. The molecule has 1 aromatic rings. The number of aromatic nitrogens is 2. The minimum atomic E-state index is -0.0559. The topological polar surface area (TPSA) is 57.8 Å². The Balaban J connectivity index is 0. The number of aryl methyl sites for hydroxylation is 1. The minimum Gasteiger partial charge on any atom is -0.349 e. The Morgan fingerprint density at radius 2 is 1.94 bits per heavy atom. The van der Waals surface area contributed by atoms with Crippen molar-refractivity contribution in [3.05, 3.63) is 23.8 Å². The monoisotopic (exact) mass is 253 g/mol. The van der Waals surface area contributed by atoms with Crippen molar-refractivity contribution in [3.8, 4) is 0 Å². The summed E-state index contributed by atoms with van der Waals surface area (Å²) in [7, 11) is 0. The molecule has 0 saturated carbocycles. The molecule has 0 spiro atoms. The summed E-state index contributed by atoms with van der Waals surface area (Å²) < 4.78 is 0. The Bertz CT molecular complexity index is 343. The zero-order valence-corrected chi connectivity index (χ0v) is 12.6. The van der Waals surface area contributed by atoms with Crippen LogP contribution in [0.1, 0.15) is 58.8 Å². The van der Waals surface area contributed by atoms with Gasteiger partial charge >= 0.3 is 0 Å². The summed E-state index contributed by atoms with van der Waals surface area (Å²) in [6.45, 7) is 15.6. The molecular formula is C14H27N3O. The van der Waals surface area contributed by atoms with Crippen LogP contribution in [0.4, 0.5) is 0 Å². The maximum Gasteiger partial charge on any atom is 0.217 e. The van der Waals surface area contributed by atoms with Crippen molar-refractivity contribution >= 4 is 12.0 Å². The van der Waals surface area contributed by atoms with Crippen LogP contribution in [0.25, 0.3) is 6.08 Å². The number of hydrogen-bond donors (Lipinski definition) is 2. The van der Waals surface area contributed by atoms with Gasteiger partial charge in [0.25, 0.3) is 0 Å². The third-order valence-corrected chi connectivity index (χ3v) is 1.91. The number of aromatic amines is 1. The Kier molecular flexibility index (Phi) is 12.4. The lowest BCUT2D eigenvalue weighted by molar-refractivity contribution is -0.119. The molecule has 4 heteroatoms. The average Bonchev–Trinajstić information content (AvgIpc) is 2.83. The van der Waals surface area contributed by atoms with E-state index in [0.717, 1.165) is 23.6 Å². The van der Waals surface area contributed by atoms with Crippen LogP contribution in [0, 0.1) is 0 Å². The Hall–Kier alpha value is -1.58. The summed E-state index contributed by atoms with van der Waals surface area (Å²) in [5, 5.41) is 2.68. The third kappa shape index (κ3) is 6.89. The highest BCUT2D eigenvalue weighted by molar-refractivity contribution is 5.72. The van der Waals surface area contributed by atoms with E-state index in [9.17, 15) is 4.79 Å². The van der Waals surface area contributed by atoms with Gasteiger partial charge in [-0.25, -0.2) is 4.98 Å². The van der Waals surface area contributed by atoms with E-state index in [0.29, 0.717) is 6.54 Å². The van der Waals surface area contributed by atoms with E-state index in [2.05, 4.69) is 21.9 Å². The molecule has 104 valence electrons. The van der Waals surface area contributed by atoms with Crippen molar-refractivity contribution < 1.29 is 4.79 Å². The number of carbonyl (C=O) groups is 1. The van der Waals surface area contributed by atoms with Crippen LogP contribution in [0.5, 0.6) is 0 Å². The number of nitrogens with zero attached hydrogens (tertiary/aromatic N) is 1. The first-order valence-corrected chi connectivity index (χ1v) is 6.62. The summed E-state index contributed by atoms with van der Waals surface area (Å²) in [6.07, 6.45) is 2.60. The van der Waals surface area contributed by atoms with E-state index >= 15 is 0 Å². The van der Waals surface area contributed by atoms with Gasteiger partial charge in [0.15, 0.2) is 0 Å². The van der Waals surface area contributed by atoms with Gasteiger partial charge in [-0.05, 0) is 12.5 Å². The van der Waals surface area contributed by atoms with Crippen molar-refractivity contribution in [2.75, 3.05) is 0 Å². The molecular weight excluding hydrogens is 226 g/mol. The van der Waals surface area contributed by atoms with Crippen molar-refractivity contribution in [2.24, 2.45) is 0 Å². The van der Waals surface area contributed by atoms with Crippen LogP contribution in [0.2, 0.25) is 0 Å². The molecule has 2 N–H and O–H groups in total. The Labute approximate surface area is 111 Å². The highest BCUT2D eigenvalue weighted by Crippen LogP contribution is 2.08. The predicted octanol–water partition coefficient (Wildman–Crippen LogP) is 3.30. The lowest BCUT2D eigenvalue weighted by Gasteiger charge is -1.96. The molecule has 0 aromatic carbocycles. The zero-order chi connectivity index (χ0) is 14.6. The van der Waals surface area contributed by atoms with Crippen LogP contribution in [-0.2, 0) is 17.8 Å². The highest BCUT2D eigenvalue weighted by atomic mass is 16.1. The summed E-state index contributed by atoms with van der Waals surface area (Å²) in [4.78, 5) is 18.1. The first-order valence-electron chi connectivity index (χ1n) is 6.62. The second-order valence-corrected chi connectivity index (χ2v) is 3.01. The van der Waals surface area contributed by atoms with Crippen LogP contribution < -0.4 is 5.32 Å². The van der Waals surface area contributed by atoms with Crippen LogP contribution in [0.3, 0.4) is 0 Å². The first kappa shape index (κ1) is 18.8. The largest absolute Gasteiger partial charge is 0.349 e. The molecule has 0 aliphatic carbocycles. The number of nitrogens with one attached hydrogen (secondary N) is 2. The quantitative estimate of drug-likeness (QED) is 0.865. The third-order valence-electron chi connectivity index (χ3n) is 1.91. The number of amides is 1. The Morgan fingerprint density at radius 3 is 2.28 bits per heavy atom. The van der Waals surface area contributed by atoms with E-state index in [1.807, 2.05) is 34.6 Å². The molecule has 1 amide bonds. The van der Waals surface area contributed by atoms with Gasteiger partial charge in [-0.3, -0.25) is 4.79 Å². The molecule has 0 radical (unpaired) electrons. The molecule has 0 unspecified atom stereocenters. The van der Waals surface area contributed by atoms with E-state index in [4.69, 9.17) is 0 Å². The number of carbonyl (C=O) groups excluding carboxylic acids is 1. The maximum atomic E-state index is 10.7. The Morgan fingerprint density at radius 1 is 1.39 bits per heavy atom. The molecule has 1 aromatic heterocycles. The van der Waals surface area contributed by atoms with E-state index in [1.54, 1.807) is 6.08 Å². The van der Waals surface area contributed by atoms with Crippen molar-refractivity contribution in [1.29, 1.82) is 0 Å². The lowest BCUT2D eigenvalue weighted by atomic mass is 10.3. The van der Waals surface area contributed by atoms with Crippen LogP contribution in [-0.4, -0.2) is 15.9 Å². The van der Waals surface area contributed by atoms with E-state index < -0.39 is 0 Å². The highest BCUT2D eigenvalue weighted by Gasteiger charge is 2.05. The summed E-state index contributed by atoms with van der Waals surface area (Å²) in [5.41, 5.74) is 1.92. The van der Waals surface area contributed by atoms with E-state index in [1.165, 1.54) is 6.92 Å². The van der Waals surface area contributed by atoms with Gasteiger partial charge in [0.1, 0.15) is 5.82 Å². The van der Waals surface area contributed by atoms with Crippen molar-refractivity contribution in [3.63, 3.8) is 0 Å². The van der Waals surface area contributed by atoms with E-state index in [-0.39, 0.29) is 5.91 Å². The molecule has 18 heavy (non-hydrogen) atoms. The van der Waals surface area contributed by atoms with Crippen molar-refractivity contribution in [2.45, 2.75) is 54.5 Å². The molecule has 0 bridgehead atoms. The fourth-order valence-corrected chi connectivity index (χ4v) is 1.21. The molecule has 0 fully saturated rings. The molecule has 0 saturated heterocycles. The molecule has 1 heterocycles. The maximum absolute atomic E-state index is 10.7. The molecule has 0 aliphatic rings. The number of imidazole rings is 1. The van der Waals surface area contributed by atoms with Gasteiger partial charge in [0, 0.05) is 12.6 Å². The molecule has 1 rings (SSSR count). The van der Waals surface area contributed by atoms with Crippen LogP contribution in [0.15, 0.2) is 6.58 Å². The van der Waals surface area contributed by atoms with Gasteiger partial charge in [-0.15, -0.1) is 0 Å². The second-order valence-electron chi connectivity index (χ2n) is 3.01. The van der Waals surface area contributed by atoms with Crippen LogP contribution >= 0.6 is 0 Å². The first-order chi connectivity index (χ1) is 8.67.